The second-order valence-corrected chi connectivity index (χ2v) is 33.7. The molecular weight excluding hydrogens is 1690 g/mol. The van der Waals surface area contributed by atoms with E-state index in [9.17, 15) is 81.0 Å². The van der Waals surface area contributed by atoms with Crippen molar-refractivity contribution in [3.05, 3.63) is 178 Å². The number of carboxylic acids is 1. The first-order valence-corrected chi connectivity index (χ1v) is 42.2. The fourth-order valence-corrected chi connectivity index (χ4v) is 14.0. The van der Waals surface area contributed by atoms with Gasteiger partial charge in [0.05, 0.1) is 60.7 Å². The van der Waals surface area contributed by atoms with Gasteiger partial charge in [-0.25, -0.2) is 18.4 Å². The van der Waals surface area contributed by atoms with Crippen LogP contribution in [-0.4, -0.2) is 250 Å². The molecule has 6 rings (SSSR count). The number of carboxylic acid groups (broad SMARTS) is 1. The maximum absolute atomic E-state index is 14.9. The Labute approximate surface area is 758 Å². The largest absolute Gasteiger partial charge is 0.494 e. The van der Waals surface area contributed by atoms with E-state index in [1.807, 2.05) is 18.2 Å². The van der Waals surface area contributed by atoms with Crippen LogP contribution < -0.4 is 60.3 Å². The Kier molecular flexibility index (Phi) is 41.2. The number of ketones is 3. The van der Waals surface area contributed by atoms with Crippen LogP contribution >= 0.6 is 0 Å². The lowest BCUT2D eigenvalue weighted by Gasteiger charge is -2.33. The number of hydrogen-bond acceptors (Lipinski definition) is 22. The van der Waals surface area contributed by atoms with E-state index >= 15 is 0 Å². The molecule has 33 nitrogen and oxygen atoms in total. The number of amides is 10. The number of hydrogen-bond donors (Lipinski definition) is 7. The maximum atomic E-state index is 14.9. The summed E-state index contributed by atoms with van der Waals surface area (Å²) in [6.07, 6.45) is -2.42. The van der Waals surface area contributed by atoms with E-state index in [0.717, 1.165) is 33.1 Å². The van der Waals surface area contributed by atoms with Crippen LogP contribution in [0.15, 0.2) is 133 Å². The molecule has 130 heavy (non-hydrogen) atoms. The number of carbonyl (C=O) groups is 14. The topological polar surface area (TPSA) is 418 Å². The third-order valence-electron chi connectivity index (χ3n) is 21.3. The molecule has 0 bridgehead atoms. The predicted molar refractivity (Wildman–Crippen MR) is 479 cm³/mol. The number of nitrogens with one attached hydrogen (secondary N) is 6. The summed E-state index contributed by atoms with van der Waals surface area (Å²) in [6.45, 7) is 19.8. The third-order valence-corrected chi connectivity index (χ3v) is 21.3. The van der Waals surface area contributed by atoms with E-state index in [1.54, 1.807) is 120 Å². The number of Topliss-reactive ketones (excluding diaryl/α,β-unsaturated/α-hetero) is 3. The van der Waals surface area contributed by atoms with E-state index in [0.29, 0.717) is 45.3 Å². The smallest absolute Gasteiger partial charge is 0.408 e. The van der Waals surface area contributed by atoms with E-state index in [4.69, 9.17) is 37.9 Å². The van der Waals surface area contributed by atoms with E-state index in [2.05, 4.69) is 31.9 Å². The van der Waals surface area contributed by atoms with E-state index < -0.39 is 173 Å². The molecule has 0 aliphatic carbocycles. The van der Waals surface area contributed by atoms with Gasteiger partial charge in [0.2, 0.25) is 47.3 Å². The number of halogens is 2. The minimum Gasteiger partial charge on any atom is -0.494 e. The lowest BCUT2D eigenvalue weighted by Crippen LogP contribution is -2.58. The molecule has 0 aliphatic heterocycles. The summed E-state index contributed by atoms with van der Waals surface area (Å²) in [7, 11) is 14.0. The number of ether oxygens (including phenoxy) is 8. The highest BCUT2D eigenvalue weighted by atomic mass is 19.1. The fourth-order valence-electron chi connectivity index (χ4n) is 14.0. The Hall–Kier alpha value is -13.2. The summed E-state index contributed by atoms with van der Waals surface area (Å²) in [5.41, 5.74) is 1.73. The number of likely N-dealkylation sites (N-methyl/N-ethyl adjacent to an activating group) is 4. The number of rotatable bonds is 44. The number of carbonyl (C=O) groups excluding carboxylic acids is 13. The number of nitrogens with zero attached hydrogens (tertiary/aromatic N) is 4. The summed E-state index contributed by atoms with van der Waals surface area (Å²) in [4.78, 5) is 194. The zero-order valence-electron chi connectivity index (χ0n) is 78.3. The molecular formula is C95H126F2N10O23. The molecule has 0 fully saturated rings. The average molecular weight is 1810 g/mol. The van der Waals surface area contributed by atoms with Gasteiger partial charge in [-0.15, -0.1) is 0 Å². The number of alkyl carbamates (subject to hydrolysis) is 2. The predicted octanol–water partition coefficient (Wildman–Crippen LogP) is 8.74. The van der Waals surface area contributed by atoms with Crippen molar-refractivity contribution in [3.63, 3.8) is 0 Å². The Balaban J connectivity index is 0.000000460. The Morgan fingerprint density at radius 1 is 0.331 bits per heavy atom. The van der Waals surface area contributed by atoms with Gasteiger partial charge in [0.25, 0.3) is 0 Å². The zero-order chi connectivity index (χ0) is 97.5. The highest BCUT2D eigenvalue weighted by molar-refractivity contribution is 5.99. The minimum atomic E-state index is -1.37. The standard InChI is InChI=1S/C48H64FN5O11.C47H62FN5O12/c1-28(52-47(61)65-48(5,6)7)43(57)50-29(2)46(60)54(9)38(25-34-18-20-40(62-10)36(49)23-34)44(58)51-30(3)45(59)53(8)37(24-32-16-14-13-15-17-32)39(56)27-35(31(4)55)22-33-19-21-41(63-11)42(26-33)64-12;1-27(51-46(61)65-47(4,5)6)41(55)49-28(2)44(58)53(8)36(24-32-17-19-38(62-9)34(48)22-32)42(56)50-29(3)43(57)52(7)35(23-30-15-13-12-14-16-30)37(54)26-33(45(59)60)21-31-18-20-39(63-10)40(25-31)64-11/h13-21,23,26,28-30,35,37-38H,22,24-25,27H2,1-12H3,(H,50,57)(H,51,58)(H,52,61);12-20,22,25,27-29,33,35-36H,21,23-24,26H2,1-11H3,(H,49,55)(H,50,56)(H,51,61)(H,59,60)/t28-,29+,30+,35-,37+,38+;27-,28+,29+,33-,35+,36+/m11/s1. The van der Waals surface area contributed by atoms with E-state index in [-0.39, 0.29) is 68.0 Å². The van der Waals surface area contributed by atoms with Gasteiger partial charge >= 0.3 is 18.2 Å². The molecule has 0 aromatic heterocycles. The highest BCUT2D eigenvalue weighted by Crippen LogP contribution is 2.33. The van der Waals surface area contributed by atoms with Gasteiger partial charge in [0, 0.05) is 59.8 Å². The Morgan fingerprint density at radius 3 is 0.885 bits per heavy atom. The lowest BCUT2D eigenvalue weighted by atomic mass is 9.87. The number of aliphatic carboxylic acids is 1. The van der Waals surface area contributed by atoms with Crippen molar-refractivity contribution >= 4 is 82.8 Å². The Morgan fingerprint density at radius 2 is 0.600 bits per heavy atom. The van der Waals surface area contributed by atoms with Crippen molar-refractivity contribution in [2.24, 2.45) is 11.8 Å². The van der Waals surface area contributed by atoms with E-state index in [1.165, 1.54) is 153 Å². The van der Waals surface area contributed by atoms with Gasteiger partial charge in [-0.2, -0.15) is 0 Å². The molecule has 0 spiro atoms. The van der Waals surface area contributed by atoms with Gasteiger partial charge in [-0.05, 0) is 198 Å². The molecule has 35 heteroatoms. The monoisotopic (exact) mass is 1810 g/mol. The first-order valence-electron chi connectivity index (χ1n) is 42.2. The van der Waals surface area contributed by atoms with Crippen molar-refractivity contribution in [2.75, 3.05) is 70.8 Å². The quantitative estimate of drug-likeness (QED) is 0.0188. The second-order valence-electron chi connectivity index (χ2n) is 33.7. The van der Waals surface area contributed by atoms with Gasteiger partial charge in [-0.3, -0.25) is 57.5 Å². The molecule has 708 valence electrons. The SMILES string of the molecule is COc1ccc(C[C@@H](C(=O)N[C@@H](C)C(=O)N(C)[C@@H](Cc2ccccc2)C(=O)C[C@@H](Cc2ccc(OC)c(OC)c2)C(=O)O)N(C)C(=O)[C@H](C)NC(=O)[C@@H](C)NC(=O)OC(C)(C)C)cc1F.COc1ccc(C[C@@H](C(=O)N[C@@H](C)C(=O)N(C)[C@@H](Cc2ccccc2)C(=O)C[C@@H](Cc2ccc(OC)c(OC)c2)C(C)=O)N(C)C(=O)[C@H](C)NC(=O)[C@@H](C)NC(=O)OC(C)(C)C)cc1F. The first kappa shape index (κ1) is 107. The van der Waals surface area contributed by atoms with Crippen LogP contribution in [0.1, 0.15) is 136 Å². The summed E-state index contributed by atoms with van der Waals surface area (Å²) < 4.78 is 71.7. The summed E-state index contributed by atoms with van der Waals surface area (Å²) in [5, 5.41) is 25.4. The van der Waals surface area contributed by atoms with Crippen molar-refractivity contribution in [3.8, 4) is 34.5 Å². The average Bonchev–Trinajstić information content (AvgIpc) is 0.828. The molecule has 10 amide bonds. The van der Waals surface area contributed by atoms with Gasteiger partial charge < -0.3 is 94.5 Å². The number of methoxy groups -OCH3 is 6. The second kappa shape index (κ2) is 49.9. The molecule has 6 aromatic carbocycles. The van der Waals surface area contributed by atoms with Crippen LogP contribution in [0.5, 0.6) is 34.5 Å². The summed E-state index contributed by atoms with van der Waals surface area (Å²) in [5.74, 6) is -9.79. The summed E-state index contributed by atoms with van der Waals surface area (Å²) >= 11 is 0. The Bertz CT molecular complexity index is 4630. The van der Waals surface area contributed by atoms with Crippen molar-refractivity contribution in [2.45, 2.75) is 213 Å². The van der Waals surface area contributed by atoms with Gasteiger partial charge in [0.1, 0.15) is 65.3 Å². The minimum absolute atomic E-state index is 0.0282. The highest BCUT2D eigenvalue weighted by Gasteiger charge is 2.40. The first-order chi connectivity index (χ1) is 61.0. The van der Waals surface area contributed by atoms with Gasteiger partial charge in [-0.1, -0.05) is 84.9 Å². The van der Waals surface area contributed by atoms with Crippen LogP contribution in [0.2, 0.25) is 0 Å². The third kappa shape index (κ3) is 32.8. The van der Waals surface area contributed by atoms with Crippen LogP contribution in [0.25, 0.3) is 0 Å². The van der Waals surface area contributed by atoms with Crippen molar-refractivity contribution in [1.29, 1.82) is 0 Å². The van der Waals surface area contributed by atoms with Gasteiger partial charge in [0.15, 0.2) is 57.7 Å². The maximum Gasteiger partial charge on any atom is 0.408 e. The fraction of sp³-hybridized carbons (Fsp3) is 0.474. The van der Waals surface area contributed by atoms with Crippen LogP contribution in [0.3, 0.4) is 0 Å². The molecule has 0 saturated heterocycles. The lowest BCUT2D eigenvalue weighted by molar-refractivity contribution is -0.146. The number of benzene rings is 6. The molecule has 12 atom stereocenters. The summed E-state index contributed by atoms with van der Waals surface area (Å²) in [6, 6.07) is 24.1. The van der Waals surface area contributed by atoms with Crippen LogP contribution in [-0.2, 0) is 106 Å². The molecule has 7 N–H and O–H groups in total. The molecule has 0 radical (unpaired) electrons. The van der Waals surface area contributed by atoms with Crippen LogP contribution in [0, 0.1) is 23.5 Å². The van der Waals surface area contributed by atoms with Crippen molar-refractivity contribution < 1.29 is 119 Å². The zero-order valence-corrected chi connectivity index (χ0v) is 78.3. The van der Waals surface area contributed by atoms with Crippen LogP contribution in [0.4, 0.5) is 18.4 Å². The molecule has 0 heterocycles. The molecule has 0 aliphatic rings. The molecule has 6 aromatic rings. The normalized spacial score (nSPS) is 13.9. The molecule has 0 unspecified atom stereocenters. The van der Waals surface area contributed by atoms with Crippen molar-refractivity contribution in [1.82, 2.24) is 51.5 Å². The molecule has 0 saturated carbocycles.